The maximum atomic E-state index is 13.3. The zero-order chi connectivity index (χ0) is 24.2. The number of thiophene rings is 1. The molecule has 0 saturated heterocycles. The van der Waals surface area contributed by atoms with Gasteiger partial charge in [-0.1, -0.05) is 23.9 Å². The van der Waals surface area contributed by atoms with Crippen molar-refractivity contribution in [1.82, 2.24) is 15.0 Å². The van der Waals surface area contributed by atoms with Crippen LogP contribution in [0.4, 0.5) is 0 Å². The van der Waals surface area contributed by atoms with Crippen LogP contribution in [0.2, 0.25) is 0 Å². The molecule has 1 N–H and O–H groups in total. The molecule has 1 aliphatic rings. The van der Waals surface area contributed by atoms with Gasteiger partial charge in [-0.05, 0) is 36.1 Å². The Morgan fingerprint density at radius 3 is 2.79 bits per heavy atom. The summed E-state index contributed by atoms with van der Waals surface area (Å²) in [6, 6.07) is 11.2. The number of aryl methyl sites for hydroxylation is 1. The fourth-order valence-electron chi connectivity index (χ4n) is 3.64. The van der Waals surface area contributed by atoms with Gasteiger partial charge < -0.3 is 14.5 Å². The summed E-state index contributed by atoms with van der Waals surface area (Å²) >= 11 is 2.61. The number of amides is 1. The molecule has 34 heavy (non-hydrogen) atoms. The molecular formula is C23H21N5O4S2. The Bertz CT molecular complexity index is 1340. The Labute approximate surface area is 204 Å². The van der Waals surface area contributed by atoms with Crippen molar-refractivity contribution < 1.29 is 14.3 Å². The molecule has 0 aliphatic carbocycles. The number of hydrogen-bond donors (Lipinski definition) is 1. The molecule has 3 heterocycles. The highest BCUT2D eigenvalue weighted by Gasteiger charge is 2.34. The van der Waals surface area contributed by atoms with Crippen LogP contribution < -0.4 is 15.2 Å². The summed E-state index contributed by atoms with van der Waals surface area (Å²) in [7, 11) is 3.13. The molecule has 0 spiro atoms. The molecule has 1 aliphatic heterocycles. The third kappa shape index (κ3) is 4.69. The van der Waals surface area contributed by atoms with E-state index < -0.39 is 5.69 Å². The van der Waals surface area contributed by atoms with E-state index in [1.165, 1.54) is 5.01 Å². The number of ether oxygens (including phenoxy) is 2. The highest BCUT2D eigenvalue weighted by atomic mass is 32.2. The summed E-state index contributed by atoms with van der Waals surface area (Å²) in [5.41, 5.74) is 1.77. The average Bonchev–Trinajstić information content (AvgIpc) is 3.52. The molecule has 9 nitrogen and oxygen atoms in total. The standard InChI is InChI=1S/C23H21N5O4S2/c1-13-15(11-24)22(26-23(30)25-13)34-12-21(29)28-17(10-16(27-28)20-5-4-8-33-20)14-6-7-18(31-2)19(9-14)32-3/h4-9,17H,10,12H2,1-3H3,(H,25,26,30). The minimum absolute atomic E-state index is 0.0322. The summed E-state index contributed by atoms with van der Waals surface area (Å²) in [5.74, 6) is 0.861. The SMILES string of the molecule is COc1ccc(C2CC(c3cccs3)=NN2C(=O)CSc2nc(=O)[nH]c(C)c2C#N)cc1OC. The van der Waals surface area contributed by atoms with E-state index in [0.29, 0.717) is 23.6 Å². The molecular weight excluding hydrogens is 474 g/mol. The zero-order valence-corrected chi connectivity index (χ0v) is 20.3. The van der Waals surface area contributed by atoms with Crippen LogP contribution in [0.1, 0.15) is 34.2 Å². The van der Waals surface area contributed by atoms with Crippen molar-refractivity contribution in [3.05, 3.63) is 67.9 Å². The molecule has 3 aromatic rings. The number of carbonyl (C=O) groups excluding carboxylic acids is 1. The van der Waals surface area contributed by atoms with Gasteiger partial charge in [0.05, 0.1) is 36.6 Å². The number of H-pyrrole nitrogens is 1. The molecule has 0 saturated carbocycles. The van der Waals surface area contributed by atoms with E-state index in [9.17, 15) is 14.9 Å². The van der Waals surface area contributed by atoms with Crippen LogP contribution >= 0.6 is 23.1 Å². The van der Waals surface area contributed by atoms with Gasteiger partial charge in [-0.15, -0.1) is 11.3 Å². The molecule has 11 heteroatoms. The second-order valence-corrected chi connectivity index (χ2v) is 9.26. The number of benzene rings is 1. The van der Waals surface area contributed by atoms with Gasteiger partial charge in [-0.2, -0.15) is 15.3 Å². The van der Waals surface area contributed by atoms with Crippen LogP contribution in [0.25, 0.3) is 0 Å². The van der Waals surface area contributed by atoms with Crippen molar-refractivity contribution in [3.8, 4) is 17.6 Å². The number of aromatic nitrogens is 2. The number of nitriles is 1. The van der Waals surface area contributed by atoms with Crippen LogP contribution in [0, 0.1) is 18.3 Å². The van der Waals surface area contributed by atoms with Gasteiger partial charge in [0, 0.05) is 12.1 Å². The van der Waals surface area contributed by atoms with Crippen molar-refractivity contribution in [2.45, 2.75) is 24.4 Å². The quantitative estimate of drug-likeness (QED) is 0.393. The number of thioether (sulfide) groups is 1. The summed E-state index contributed by atoms with van der Waals surface area (Å²) in [6.45, 7) is 1.62. The maximum Gasteiger partial charge on any atom is 0.346 e. The number of carbonyl (C=O) groups is 1. The van der Waals surface area contributed by atoms with Crippen LogP contribution in [0.5, 0.6) is 11.5 Å². The van der Waals surface area contributed by atoms with Crippen molar-refractivity contribution in [2.24, 2.45) is 5.10 Å². The van der Waals surface area contributed by atoms with E-state index in [1.54, 1.807) is 38.5 Å². The number of hydrazone groups is 1. The van der Waals surface area contributed by atoms with Crippen LogP contribution in [-0.4, -0.2) is 46.6 Å². The number of aromatic amines is 1. The predicted molar refractivity (Wildman–Crippen MR) is 130 cm³/mol. The Morgan fingerprint density at radius 1 is 1.32 bits per heavy atom. The highest BCUT2D eigenvalue weighted by Crippen LogP contribution is 2.38. The smallest absolute Gasteiger partial charge is 0.346 e. The van der Waals surface area contributed by atoms with Crippen molar-refractivity contribution in [1.29, 1.82) is 5.26 Å². The Balaban J connectivity index is 1.63. The predicted octanol–water partition coefficient (Wildman–Crippen LogP) is 3.50. The lowest BCUT2D eigenvalue weighted by Gasteiger charge is -2.23. The van der Waals surface area contributed by atoms with Crippen molar-refractivity contribution in [2.75, 3.05) is 20.0 Å². The van der Waals surface area contributed by atoms with E-state index in [0.717, 1.165) is 27.9 Å². The average molecular weight is 496 g/mol. The monoisotopic (exact) mass is 495 g/mol. The third-order valence-corrected chi connectivity index (χ3v) is 7.17. The van der Waals surface area contributed by atoms with Gasteiger partial charge in [0.2, 0.25) is 0 Å². The largest absolute Gasteiger partial charge is 0.493 e. The highest BCUT2D eigenvalue weighted by molar-refractivity contribution is 8.00. The van der Waals surface area contributed by atoms with Crippen LogP contribution in [0.3, 0.4) is 0 Å². The zero-order valence-electron chi connectivity index (χ0n) is 18.7. The lowest BCUT2D eigenvalue weighted by molar-refractivity contribution is -0.130. The number of rotatable bonds is 7. The third-order valence-electron chi connectivity index (χ3n) is 5.29. The first-order valence-electron chi connectivity index (χ1n) is 10.2. The first-order chi connectivity index (χ1) is 16.4. The first-order valence-corrected chi connectivity index (χ1v) is 12.1. The molecule has 0 fully saturated rings. The normalized spacial score (nSPS) is 15.1. The number of hydrogen-bond acceptors (Lipinski definition) is 9. The van der Waals surface area contributed by atoms with E-state index in [1.807, 2.05) is 35.7 Å². The van der Waals surface area contributed by atoms with Crippen molar-refractivity contribution >= 4 is 34.7 Å². The maximum absolute atomic E-state index is 13.3. The van der Waals surface area contributed by atoms with Gasteiger partial charge in [0.1, 0.15) is 16.7 Å². The molecule has 1 unspecified atom stereocenters. The summed E-state index contributed by atoms with van der Waals surface area (Å²) in [5, 5.41) is 17.7. The fraction of sp³-hybridized carbons (Fsp3) is 0.261. The van der Waals surface area contributed by atoms with Gasteiger partial charge in [0.15, 0.2) is 11.5 Å². The molecule has 2 aromatic heterocycles. The summed E-state index contributed by atoms with van der Waals surface area (Å²) in [4.78, 5) is 32.5. The molecule has 174 valence electrons. The van der Waals surface area contributed by atoms with Gasteiger partial charge in [0.25, 0.3) is 5.91 Å². The van der Waals surface area contributed by atoms with Gasteiger partial charge >= 0.3 is 5.69 Å². The molecule has 0 bridgehead atoms. The fourth-order valence-corrected chi connectivity index (χ4v) is 5.25. The van der Waals surface area contributed by atoms with Gasteiger partial charge in [-0.3, -0.25) is 4.79 Å². The van der Waals surface area contributed by atoms with Gasteiger partial charge in [-0.25, -0.2) is 9.80 Å². The molecule has 1 atom stereocenters. The molecule has 1 amide bonds. The lowest BCUT2D eigenvalue weighted by atomic mass is 10.0. The molecule has 1 aromatic carbocycles. The minimum Gasteiger partial charge on any atom is -0.493 e. The Hall–Kier alpha value is -3.62. The van der Waals surface area contributed by atoms with E-state index in [4.69, 9.17) is 9.47 Å². The van der Waals surface area contributed by atoms with Crippen molar-refractivity contribution in [3.63, 3.8) is 0 Å². The number of methoxy groups -OCH3 is 2. The lowest BCUT2D eigenvalue weighted by Crippen LogP contribution is -2.29. The van der Waals surface area contributed by atoms with E-state index in [-0.39, 0.29) is 28.3 Å². The Morgan fingerprint density at radius 2 is 2.12 bits per heavy atom. The second-order valence-electron chi connectivity index (χ2n) is 7.34. The number of nitrogens with zero attached hydrogens (tertiary/aromatic N) is 4. The van der Waals surface area contributed by atoms with Crippen LogP contribution in [-0.2, 0) is 4.79 Å². The topological polar surface area (TPSA) is 121 Å². The van der Waals surface area contributed by atoms with E-state index in [2.05, 4.69) is 15.1 Å². The van der Waals surface area contributed by atoms with Crippen LogP contribution in [0.15, 0.2) is 50.6 Å². The first kappa shape index (κ1) is 23.5. The van der Waals surface area contributed by atoms with E-state index >= 15 is 0 Å². The summed E-state index contributed by atoms with van der Waals surface area (Å²) in [6.07, 6.45) is 0.540. The molecule has 0 radical (unpaired) electrons. The minimum atomic E-state index is -0.561. The second kappa shape index (κ2) is 10.1. The summed E-state index contributed by atoms with van der Waals surface area (Å²) < 4.78 is 10.8. The Kier molecular flexibility index (Phi) is 7.00. The molecule has 4 rings (SSSR count). The number of nitrogens with one attached hydrogen (secondary N) is 1.